The Bertz CT molecular complexity index is 368. The van der Waals surface area contributed by atoms with Crippen molar-refractivity contribution in [1.82, 2.24) is 5.32 Å². The molecule has 2 unspecified atom stereocenters. The molecule has 1 aliphatic heterocycles. The molecule has 1 fully saturated rings. The number of hydrogen-bond donors (Lipinski definition) is 1. The lowest BCUT2D eigenvalue weighted by Crippen LogP contribution is -2.31. The zero-order valence-corrected chi connectivity index (χ0v) is 12.0. The van der Waals surface area contributed by atoms with Crippen LogP contribution in [0, 0.1) is 12.7 Å². The summed E-state index contributed by atoms with van der Waals surface area (Å²) in [5.41, 5.74) is 2.11. The molecule has 1 aliphatic rings. The molecule has 0 amide bonds. The first-order valence-electron chi connectivity index (χ1n) is 6.83. The van der Waals surface area contributed by atoms with Crippen LogP contribution in [0.3, 0.4) is 0 Å². The van der Waals surface area contributed by atoms with E-state index < -0.39 is 0 Å². The minimum Gasteiger partial charge on any atom is -0.309 e. The number of halogens is 1. The van der Waals surface area contributed by atoms with Crippen molar-refractivity contribution in [1.29, 1.82) is 0 Å². The van der Waals surface area contributed by atoms with Gasteiger partial charge in [0.1, 0.15) is 5.82 Å². The third-order valence-electron chi connectivity index (χ3n) is 3.43. The number of thioether (sulfide) groups is 1. The number of aryl methyl sites for hydroxylation is 1. The van der Waals surface area contributed by atoms with Crippen molar-refractivity contribution in [3.05, 3.63) is 35.1 Å². The van der Waals surface area contributed by atoms with Crippen LogP contribution in [0.2, 0.25) is 0 Å². The highest BCUT2D eigenvalue weighted by Gasteiger charge is 2.25. The van der Waals surface area contributed by atoms with Gasteiger partial charge >= 0.3 is 0 Å². The van der Waals surface area contributed by atoms with Gasteiger partial charge in [-0.25, -0.2) is 4.39 Å². The summed E-state index contributed by atoms with van der Waals surface area (Å²) in [5.74, 6) is 1.12. The monoisotopic (exact) mass is 267 g/mol. The third-order valence-corrected chi connectivity index (χ3v) is 4.89. The van der Waals surface area contributed by atoms with Gasteiger partial charge in [0.15, 0.2) is 0 Å². The molecular weight excluding hydrogens is 245 g/mol. The lowest BCUT2D eigenvalue weighted by Gasteiger charge is -2.31. The standard InChI is InChI=1S/C15H22FNS/c1-3-17-15(14-6-4-5-7-18-14)12-8-11(2)9-13(16)10-12/h8-10,14-15,17H,3-7H2,1-2H3. The summed E-state index contributed by atoms with van der Waals surface area (Å²) in [5, 5.41) is 4.12. The van der Waals surface area contributed by atoms with E-state index in [-0.39, 0.29) is 11.9 Å². The molecule has 0 aromatic heterocycles. The van der Waals surface area contributed by atoms with Crippen LogP contribution < -0.4 is 5.32 Å². The lowest BCUT2D eigenvalue weighted by atomic mass is 9.98. The van der Waals surface area contributed by atoms with E-state index in [1.807, 2.05) is 18.7 Å². The summed E-state index contributed by atoms with van der Waals surface area (Å²) >= 11 is 2.03. The zero-order chi connectivity index (χ0) is 13.0. The first-order valence-corrected chi connectivity index (χ1v) is 7.87. The Labute approximate surface area is 114 Å². The van der Waals surface area contributed by atoms with Gasteiger partial charge in [0.25, 0.3) is 0 Å². The van der Waals surface area contributed by atoms with Gasteiger partial charge < -0.3 is 5.32 Å². The lowest BCUT2D eigenvalue weighted by molar-refractivity contribution is 0.488. The topological polar surface area (TPSA) is 12.0 Å². The van der Waals surface area contributed by atoms with E-state index in [9.17, 15) is 4.39 Å². The highest BCUT2D eigenvalue weighted by molar-refractivity contribution is 8.00. The Hall–Kier alpha value is -0.540. The van der Waals surface area contributed by atoms with Crippen LogP contribution in [-0.2, 0) is 0 Å². The van der Waals surface area contributed by atoms with E-state index in [1.54, 1.807) is 12.1 Å². The van der Waals surface area contributed by atoms with Crippen LogP contribution in [-0.4, -0.2) is 17.5 Å². The van der Waals surface area contributed by atoms with Crippen molar-refractivity contribution in [2.45, 2.75) is 44.4 Å². The highest BCUT2D eigenvalue weighted by atomic mass is 32.2. The van der Waals surface area contributed by atoms with Crippen molar-refractivity contribution in [2.24, 2.45) is 0 Å². The van der Waals surface area contributed by atoms with Gasteiger partial charge in [-0.1, -0.05) is 19.4 Å². The van der Waals surface area contributed by atoms with Crippen molar-refractivity contribution >= 4 is 11.8 Å². The Morgan fingerprint density at radius 3 is 2.83 bits per heavy atom. The molecule has 1 aromatic rings. The van der Waals surface area contributed by atoms with Gasteiger partial charge in [-0.15, -0.1) is 0 Å². The molecule has 100 valence electrons. The predicted molar refractivity (Wildman–Crippen MR) is 77.7 cm³/mol. The summed E-state index contributed by atoms with van der Waals surface area (Å²) < 4.78 is 13.6. The Morgan fingerprint density at radius 2 is 2.22 bits per heavy atom. The molecule has 1 heterocycles. The minimum absolute atomic E-state index is 0.117. The normalized spacial score (nSPS) is 21.8. The van der Waals surface area contributed by atoms with E-state index >= 15 is 0 Å². The minimum atomic E-state index is -0.117. The highest BCUT2D eigenvalue weighted by Crippen LogP contribution is 2.35. The summed E-state index contributed by atoms with van der Waals surface area (Å²) in [7, 11) is 0. The van der Waals surface area contributed by atoms with E-state index in [0.717, 1.165) is 17.7 Å². The Balaban J connectivity index is 2.22. The molecule has 1 aromatic carbocycles. The molecule has 0 saturated carbocycles. The number of nitrogens with one attached hydrogen (secondary N) is 1. The average Bonchev–Trinajstić information content (AvgIpc) is 2.36. The summed E-state index contributed by atoms with van der Waals surface area (Å²) in [6.07, 6.45) is 3.86. The Morgan fingerprint density at radius 1 is 1.39 bits per heavy atom. The molecule has 2 atom stereocenters. The molecule has 0 radical (unpaired) electrons. The summed E-state index contributed by atoms with van der Waals surface area (Å²) in [6, 6.07) is 5.69. The molecule has 3 heteroatoms. The smallest absolute Gasteiger partial charge is 0.123 e. The fourth-order valence-electron chi connectivity index (χ4n) is 2.66. The summed E-state index contributed by atoms with van der Waals surface area (Å²) in [6.45, 7) is 5.01. The van der Waals surface area contributed by atoms with Gasteiger partial charge in [-0.05, 0) is 55.3 Å². The van der Waals surface area contributed by atoms with E-state index in [0.29, 0.717) is 5.25 Å². The molecule has 1 saturated heterocycles. The van der Waals surface area contributed by atoms with Gasteiger partial charge in [-0.2, -0.15) is 11.8 Å². The van der Waals surface area contributed by atoms with Crippen LogP contribution >= 0.6 is 11.8 Å². The fourth-order valence-corrected chi connectivity index (χ4v) is 4.11. The van der Waals surface area contributed by atoms with E-state index in [4.69, 9.17) is 0 Å². The molecule has 1 N–H and O–H groups in total. The average molecular weight is 267 g/mol. The van der Waals surface area contributed by atoms with Gasteiger partial charge in [-0.3, -0.25) is 0 Å². The van der Waals surface area contributed by atoms with Gasteiger partial charge in [0, 0.05) is 11.3 Å². The maximum atomic E-state index is 13.6. The molecule has 1 nitrogen and oxygen atoms in total. The molecule has 0 spiro atoms. The van der Waals surface area contributed by atoms with Crippen LogP contribution in [0.4, 0.5) is 4.39 Å². The maximum absolute atomic E-state index is 13.6. The van der Waals surface area contributed by atoms with Crippen molar-refractivity contribution < 1.29 is 4.39 Å². The van der Waals surface area contributed by atoms with Gasteiger partial charge in [0.2, 0.25) is 0 Å². The SMILES string of the molecule is CCNC(c1cc(C)cc(F)c1)C1CCCCS1. The van der Waals surface area contributed by atoms with E-state index in [1.165, 1.54) is 25.0 Å². The molecule has 0 aliphatic carbocycles. The molecule has 18 heavy (non-hydrogen) atoms. The molecule has 0 bridgehead atoms. The second-order valence-electron chi connectivity index (χ2n) is 5.00. The van der Waals surface area contributed by atoms with Gasteiger partial charge in [0.05, 0.1) is 0 Å². The molecular formula is C15H22FNS. The summed E-state index contributed by atoms with van der Waals surface area (Å²) in [4.78, 5) is 0. The number of hydrogen-bond acceptors (Lipinski definition) is 2. The Kier molecular flexibility index (Phi) is 5.07. The number of rotatable bonds is 4. The molecule has 2 rings (SSSR count). The predicted octanol–water partition coefficient (Wildman–Crippen LogP) is 4.07. The maximum Gasteiger partial charge on any atom is 0.123 e. The first kappa shape index (κ1) is 13.9. The second-order valence-corrected chi connectivity index (χ2v) is 6.35. The van der Waals surface area contributed by atoms with E-state index in [2.05, 4.69) is 18.3 Å². The van der Waals surface area contributed by atoms with Crippen molar-refractivity contribution in [3.63, 3.8) is 0 Å². The zero-order valence-electron chi connectivity index (χ0n) is 11.2. The van der Waals surface area contributed by atoms with Crippen LogP contribution in [0.1, 0.15) is 43.4 Å². The van der Waals surface area contributed by atoms with Crippen LogP contribution in [0.15, 0.2) is 18.2 Å². The fraction of sp³-hybridized carbons (Fsp3) is 0.600. The third kappa shape index (κ3) is 3.48. The second kappa shape index (κ2) is 6.58. The van der Waals surface area contributed by atoms with Crippen LogP contribution in [0.25, 0.3) is 0 Å². The van der Waals surface area contributed by atoms with Crippen molar-refractivity contribution in [2.75, 3.05) is 12.3 Å². The number of benzene rings is 1. The van der Waals surface area contributed by atoms with Crippen molar-refractivity contribution in [3.8, 4) is 0 Å². The van der Waals surface area contributed by atoms with Crippen LogP contribution in [0.5, 0.6) is 0 Å². The largest absolute Gasteiger partial charge is 0.309 e. The quantitative estimate of drug-likeness (QED) is 0.882. The first-order chi connectivity index (χ1) is 8.70.